The highest BCUT2D eigenvalue weighted by Gasteiger charge is 2.17. The maximum Gasteiger partial charge on any atom is 0.257 e. The Morgan fingerprint density at radius 1 is 1.37 bits per heavy atom. The number of methoxy groups -OCH3 is 2. The number of nitrogens with zero attached hydrogens (tertiary/aromatic N) is 1. The van der Waals surface area contributed by atoms with Crippen LogP contribution in [0.5, 0.6) is 11.5 Å². The smallest absolute Gasteiger partial charge is 0.257 e. The van der Waals surface area contributed by atoms with Crippen molar-refractivity contribution in [2.75, 3.05) is 27.8 Å². The number of amides is 1. The molecule has 19 heavy (non-hydrogen) atoms. The van der Waals surface area contributed by atoms with Gasteiger partial charge in [-0.25, -0.2) is 0 Å². The third kappa shape index (κ3) is 4.10. The molecule has 0 atom stereocenters. The number of carbonyl (C=O) groups is 1. The van der Waals surface area contributed by atoms with Crippen LogP contribution in [-0.2, 0) is 0 Å². The Labute approximate surface area is 118 Å². The maximum absolute atomic E-state index is 12.3. The van der Waals surface area contributed by atoms with Crippen LogP contribution < -0.4 is 15.2 Å². The molecule has 5 nitrogen and oxygen atoms in total. The molecule has 104 valence electrons. The Morgan fingerprint density at radius 2 is 2.05 bits per heavy atom. The van der Waals surface area contributed by atoms with Gasteiger partial charge in [-0.2, -0.15) is 0 Å². The average Bonchev–Trinajstić information content (AvgIpc) is 2.42. The van der Waals surface area contributed by atoms with Crippen LogP contribution in [0, 0.1) is 0 Å². The minimum Gasteiger partial charge on any atom is -0.497 e. The summed E-state index contributed by atoms with van der Waals surface area (Å²) in [7, 11) is 4.76. The first kappa shape index (κ1) is 15.2. The van der Waals surface area contributed by atoms with Crippen LogP contribution in [0.4, 0.5) is 0 Å². The van der Waals surface area contributed by atoms with Gasteiger partial charge in [0, 0.05) is 20.0 Å². The fraction of sp³-hybridized carbons (Fsp3) is 0.385. The summed E-state index contributed by atoms with van der Waals surface area (Å²) in [6.45, 7) is 0.467. The fourth-order valence-corrected chi connectivity index (χ4v) is 1.66. The van der Waals surface area contributed by atoms with E-state index in [0.717, 1.165) is 0 Å². The summed E-state index contributed by atoms with van der Waals surface area (Å²) < 4.78 is 10.3. The summed E-state index contributed by atoms with van der Waals surface area (Å²) >= 11 is 4.80. The first-order valence-electron chi connectivity index (χ1n) is 5.75. The maximum atomic E-state index is 12.3. The topological polar surface area (TPSA) is 64.8 Å². The van der Waals surface area contributed by atoms with E-state index in [-0.39, 0.29) is 5.91 Å². The lowest BCUT2D eigenvalue weighted by Gasteiger charge is -2.18. The molecule has 2 N–H and O–H groups in total. The van der Waals surface area contributed by atoms with Crippen LogP contribution in [0.2, 0.25) is 0 Å². The number of nitrogens with two attached hydrogens (primary N) is 1. The standard InChI is InChI=1S/C13H18N2O3S/c1-15(7-6-12(14)19)13(16)10-8-9(17-2)4-5-11(10)18-3/h4-5,8H,6-7H2,1-3H3,(H2,14,19). The summed E-state index contributed by atoms with van der Waals surface area (Å²) in [4.78, 5) is 14.2. The number of rotatable bonds is 6. The van der Waals surface area contributed by atoms with Crippen LogP contribution in [0.25, 0.3) is 0 Å². The molecule has 1 rings (SSSR count). The van der Waals surface area contributed by atoms with Crippen molar-refractivity contribution in [3.63, 3.8) is 0 Å². The van der Waals surface area contributed by atoms with Gasteiger partial charge < -0.3 is 20.1 Å². The van der Waals surface area contributed by atoms with Crippen molar-refractivity contribution in [1.29, 1.82) is 0 Å². The number of hydrogen-bond acceptors (Lipinski definition) is 4. The molecule has 1 aromatic rings. The molecule has 1 aromatic carbocycles. The minimum absolute atomic E-state index is 0.160. The Morgan fingerprint density at radius 3 is 2.58 bits per heavy atom. The molecule has 0 aliphatic heterocycles. The lowest BCUT2D eigenvalue weighted by atomic mass is 10.1. The lowest BCUT2D eigenvalue weighted by Crippen LogP contribution is -2.30. The summed E-state index contributed by atoms with van der Waals surface area (Å²) in [5.41, 5.74) is 5.88. The number of hydrogen-bond donors (Lipinski definition) is 1. The van der Waals surface area contributed by atoms with Crippen molar-refractivity contribution in [3.8, 4) is 11.5 Å². The van der Waals surface area contributed by atoms with E-state index in [0.29, 0.717) is 35.0 Å². The second-order valence-electron chi connectivity index (χ2n) is 4.01. The summed E-state index contributed by atoms with van der Waals surface area (Å²) in [6.07, 6.45) is 0.490. The van der Waals surface area contributed by atoms with Crippen molar-refractivity contribution < 1.29 is 14.3 Å². The summed E-state index contributed by atoms with van der Waals surface area (Å²) in [6, 6.07) is 5.09. The molecule has 0 aliphatic carbocycles. The molecule has 6 heteroatoms. The minimum atomic E-state index is -0.160. The van der Waals surface area contributed by atoms with E-state index in [1.807, 2.05) is 0 Å². The quantitative estimate of drug-likeness (QED) is 0.800. The van der Waals surface area contributed by atoms with Gasteiger partial charge in [0.1, 0.15) is 11.5 Å². The fourth-order valence-electron chi connectivity index (χ4n) is 1.57. The van der Waals surface area contributed by atoms with Crippen molar-refractivity contribution in [2.45, 2.75) is 6.42 Å². The molecule has 0 saturated carbocycles. The lowest BCUT2D eigenvalue weighted by molar-refractivity contribution is 0.0795. The molecule has 0 unspecified atom stereocenters. The van der Waals surface area contributed by atoms with Gasteiger partial charge in [-0.1, -0.05) is 12.2 Å². The molecular weight excluding hydrogens is 264 g/mol. The van der Waals surface area contributed by atoms with Gasteiger partial charge in [-0.05, 0) is 18.2 Å². The zero-order valence-electron chi connectivity index (χ0n) is 11.3. The highest BCUT2D eigenvalue weighted by Crippen LogP contribution is 2.25. The Bertz CT molecular complexity index is 477. The van der Waals surface area contributed by atoms with E-state index >= 15 is 0 Å². The van der Waals surface area contributed by atoms with Gasteiger partial charge in [-0.15, -0.1) is 0 Å². The molecule has 0 saturated heterocycles. The molecule has 0 heterocycles. The van der Waals surface area contributed by atoms with E-state index < -0.39 is 0 Å². The van der Waals surface area contributed by atoms with Gasteiger partial charge >= 0.3 is 0 Å². The molecule has 0 spiro atoms. The predicted molar refractivity (Wildman–Crippen MR) is 77.9 cm³/mol. The monoisotopic (exact) mass is 282 g/mol. The van der Waals surface area contributed by atoms with Crippen molar-refractivity contribution in [3.05, 3.63) is 23.8 Å². The SMILES string of the molecule is COc1ccc(OC)c(C(=O)N(C)CCC(N)=S)c1. The Balaban J connectivity index is 2.93. The highest BCUT2D eigenvalue weighted by atomic mass is 32.1. The van der Waals surface area contributed by atoms with Crippen LogP contribution >= 0.6 is 12.2 Å². The zero-order valence-corrected chi connectivity index (χ0v) is 12.1. The Hall–Kier alpha value is -1.82. The highest BCUT2D eigenvalue weighted by molar-refractivity contribution is 7.80. The van der Waals surface area contributed by atoms with E-state index in [1.165, 1.54) is 7.11 Å². The normalized spacial score (nSPS) is 9.84. The third-order valence-corrected chi connectivity index (χ3v) is 2.88. The first-order valence-corrected chi connectivity index (χ1v) is 6.16. The van der Waals surface area contributed by atoms with Gasteiger partial charge in [0.2, 0.25) is 0 Å². The van der Waals surface area contributed by atoms with Crippen LogP contribution in [0.1, 0.15) is 16.8 Å². The number of ether oxygens (including phenoxy) is 2. The van der Waals surface area contributed by atoms with Crippen molar-refractivity contribution >= 4 is 23.1 Å². The van der Waals surface area contributed by atoms with Crippen molar-refractivity contribution in [1.82, 2.24) is 4.90 Å². The molecule has 0 radical (unpaired) electrons. The first-order chi connectivity index (χ1) is 8.99. The van der Waals surface area contributed by atoms with Gasteiger partial charge in [0.15, 0.2) is 0 Å². The van der Waals surface area contributed by atoms with E-state index in [1.54, 1.807) is 37.3 Å². The number of thiocarbonyl (C=S) groups is 1. The van der Waals surface area contributed by atoms with Gasteiger partial charge in [-0.3, -0.25) is 4.79 Å². The van der Waals surface area contributed by atoms with Gasteiger partial charge in [0.25, 0.3) is 5.91 Å². The average molecular weight is 282 g/mol. The molecule has 0 fully saturated rings. The molecular formula is C13H18N2O3S. The third-order valence-electron chi connectivity index (χ3n) is 2.68. The van der Waals surface area contributed by atoms with Gasteiger partial charge in [0.05, 0.1) is 24.8 Å². The van der Waals surface area contributed by atoms with Crippen LogP contribution in [0.15, 0.2) is 18.2 Å². The predicted octanol–water partition coefficient (Wildman–Crippen LogP) is 1.45. The van der Waals surface area contributed by atoms with E-state index in [2.05, 4.69) is 0 Å². The van der Waals surface area contributed by atoms with Crippen LogP contribution in [0.3, 0.4) is 0 Å². The van der Waals surface area contributed by atoms with E-state index in [4.69, 9.17) is 27.4 Å². The number of benzene rings is 1. The summed E-state index contributed by atoms with van der Waals surface area (Å²) in [5.74, 6) is 0.951. The zero-order chi connectivity index (χ0) is 14.4. The molecule has 1 amide bonds. The van der Waals surface area contributed by atoms with Crippen LogP contribution in [-0.4, -0.2) is 43.6 Å². The Kier molecular flexibility index (Phi) is 5.57. The second kappa shape index (κ2) is 6.94. The molecule has 0 aliphatic rings. The largest absolute Gasteiger partial charge is 0.497 e. The van der Waals surface area contributed by atoms with E-state index in [9.17, 15) is 4.79 Å². The summed E-state index contributed by atoms with van der Waals surface area (Å²) in [5, 5.41) is 0. The molecule has 0 aromatic heterocycles. The molecule has 0 bridgehead atoms. The van der Waals surface area contributed by atoms with Crippen molar-refractivity contribution in [2.24, 2.45) is 5.73 Å². The number of carbonyl (C=O) groups excluding carboxylic acids is 1. The second-order valence-corrected chi connectivity index (χ2v) is 4.53.